The summed E-state index contributed by atoms with van der Waals surface area (Å²) in [5.41, 5.74) is 4.29. The number of nitrogens with zero attached hydrogens (tertiary/aromatic N) is 2. The minimum Gasteiger partial charge on any atom is -0.460 e. The predicted molar refractivity (Wildman–Crippen MR) is 138 cm³/mol. The average Bonchev–Trinajstić information content (AvgIpc) is 3.24. The van der Waals surface area contributed by atoms with Crippen molar-refractivity contribution in [1.82, 2.24) is 19.7 Å². The lowest BCUT2D eigenvalue weighted by Crippen LogP contribution is -2.42. The third-order valence-corrected chi connectivity index (χ3v) is 7.21. The zero-order valence-corrected chi connectivity index (χ0v) is 21.4. The van der Waals surface area contributed by atoms with Crippen LogP contribution in [0, 0.1) is 12.8 Å². The van der Waals surface area contributed by atoms with Crippen molar-refractivity contribution in [2.45, 2.75) is 51.2 Å². The summed E-state index contributed by atoms with van der Waals surface area (Å²) < 4.78 is 34.2. The second-order valence-corrected chi connectivity index (χ2v) is 10.9. The molecular weight excluding hydrogens is 476 g/mol. The van der Waals surface area contributed by atoms with Gasteiger partial charge in [0.2, 0.25) is 10.0 Å². The molecule has 0 bridgehead atoms. The van der Waals surface area contributed by atoms with E-state index >= 15 is 0 Å². The van der Waals surface area contributed by atoms with E-state index in [1.54, 1.807) is 18.3 Å². The van der Waals surface area contributed by atoms with Gasteiger partial charge in [0.05, 0.1) is 21.6 Å². The van der Waals surface area contributed by atoms with E-state index in [1.807, 2.05) is 57.2 Å². The molecule has 9 heteroatoms. The maximum Gasteiger partial charge on any atom is 0.324 e. The van der Waals surface area contributed by atoms with Gasteiger partial charge in [0.25, 0.3) is 0 Å². The molecular formula is C27H30N4O4S. The number of rotatable bonds is 10. The summed E-state index contributed by atoms with van der Waals surface area (Å²) in [7, 11) is -3.94. The number of esters is 1. The molecule has 0 aliphatic carbocycles. The van der Waals surface area contributed by atoms with Gasteiger partial charge in [-0.3, -0.25) is 9.78 Å². The van der Waals surface area contributed by atoms with Crippen molar-refractivity contribution in [2.24, 2.45) is 5.92 Å². The SMILES string of the molecule is Cc1nc2ccnc(Cc3ccc(S(=O)(=O)N[C@@H](CC(C)C)C(=O)OCc4ccccc4)cc3)c2[nH]1. The fraction of sp³-hybridized carbons (Fsp3) is 0.296. The summed E-state index contributed by atoms with van der Waals surface area (Å²) in [6.07, 6.45) is 2.56. The van der Waals surface area contributed by atoms with Gasteiger partial charge in [-0.1, -0.05) is 56.3 Å². The van der Waals surface area contributed by atoms with Crippen molar-refractivity contribution < 1.29 is 17.9 Å². The van der Waals surface area contributed by atoms with E-state index in [2.05, 4.69) is 19.7 Å². The molecule has 0 saturated heterocycles. The van der Waals surface area contributed by atoms with Crippen molar-refractivity contribution in [3.63, 3.8) is 0 Å². The average molecular weight is 507 g/mol. The van der Waals surface area contributed by atoms with Crippen molar-refractivity contribution in [3.8, 4) is 0 Å². The highest BCUT2D eigenvalue weighted by Gasteiger charge is 2.28. The quantitative estimate of drug-likeness (QED) is 0.310. The van der Waals surface area contributed by atoms with Gasteiger partial charge in [-0.25, -0.2) is 13.4 Å². The Morgan fingerprint density at radius 1 is 1.03 bits per heavy atom. The van der Waals surface area contributed by atoms with Gasteiger partial charge in [0, 0.05) is 12.6 Å². The second kappa shape index (κ2) is 11.0. The largest absolute Gasteiger partial charge is 0.460 e. The number of nitrogens with one attached hydrogen (secondary N) is 2. The molecule has 0 radical (unpaired) electrons. The lowest BCUT2D eigenvalue weighted by Gasteiger charge is -2.19. The summed E-state index contributed by atoms with van der Waals surface area (Å²) in [5.74, 6) is 0.303. The van der Waals surface area contributed by atoms with Crippen LogP contribution in [-0.4, -0.2) is 35.4 Å². The molecule has 0 saturated carbocycles. The number of pyridine rings is 1. The monoisotopic (exact) mass is 506 g/mol. The first kappa shape index (κ1) is 25.5. The maximum atomic E-state index is 13.1. The number of fused-ring (bicyclic) bond motifs is 1. The van der Waals surface area contributed by atoms with Crippen LogP contribution in [0.1, 0.15) is 42.9 Å². The Morgan fingerprint density at radius 3 is 2.44 bits per heavy atom. The van der Waals surface area contributed by atoms with E-state index in [1.165, 1.54) is 12.1 Å². The standard InChI is InChI=1S/C27H30N4O4S/c1-18(2)15-25(27(32)35-17-21-7-5-4-6-8-21)31-36(33,34)22-11-9-20(10-12-22)16-24-26-23(13-14-28-24)29-19(3)30-26/h4-14,18,25,31H,15-17H2,1-3H3,(H,29,30)/t25-/m0/s1. The highest BCUT2D eigenvalue weighted by atomic mass is 32.2. The molecule has 0 aliphatic rings. The molecule has 0 spiro atoms. The smallest absolute Gasteiger partial charge is 0.324 e. The highest BCUT2D eigenvalue weighted by Crippen LogP contribution is 2.20. The molecule has 1 atom stereocenters. The predicted octanol–water partition coefficient (Wildman–Crippen LogP) is 4.29. The fourth-order valence-corrected chi connectivity index (χ4v) is 5.17. The Morgan fingerprint density at radius 2 is 1.75 bits per heavy atom. The van der Waals surface area contributed by atoms with Gasteiger partial charge < -0.3 is 9.72 Å². The van der Waals surface area contributed by atoms with Crippen molar-refractivity contribution in [1.29, 1.82) is 0 Å². The van der Waals surface area contributed by atoms with Crippen molar-refractivity contribution >= 4 is 27.0 Å². The molecule has 0 aliphatic heterocycles. The first-order chi connectivity index (χ1) is 17.2. The molecule has 188 valence electrons. The molecule has 2 aromatic carbocycles. The van der Waals surface area contributed by atoms with Crippen LogP contribution in [0.2, 0.25) is 0 Å². The van der Waals surface area contributed by atoms with Crippen LogP contribution in [-0.2, 0) is 32.6 Å². The Kier molecular flexibility index (Phi) is 7.81. The number of carbonyl (C=O) groups excluding carboxylic acids is 1. The fourth-order valence-electron chi connectivity index (χ4n) is 3.97. The minimum absolute atomic E-state index is 0.0828. The Balaban J connectivity index is 1.46. The van der Waals surface area contributed by atoms with Crippen LogP contribution >= 0.6 is 0 Å². The molecule has 0 fully saturated rings. The van der Waals surface area contributed by atoms with Crippen LogP contribution in [0.5, 0.6) is 0 Å². The van der Waals surface area contributed by atoms with Crippen LogP contribution in [0.25, 0.3) is 11.0 Å². The number of hydrogen-bond acceptors (Lipinski definition) is 6. The van der Waals surface area contributed by atoms with Gasteiger partial charge in [0.1, 0.15) is 18.5 Å². The van der Waals surface area contributed by atoms with Crippen molar-refractivity contribution in [2.75, 3.05) is 0 Å². The summed E-state index contributed by atoms with van der Waals surface area (Å²) >= 11 is 0. The van der Waals surface area contributed by atoms with E-state index in [0.29, 0.717) is 12.8 Å². The second-order valence-electron chi connectivity index (χ2n) is 9.19. The van der Waals surface area contributed by atoms with Gasteiger partial charge in [-0.15, -0.1) is 0 Å². The van der Waals surface area contributed by atoms with Crippen molar-refractivity contribution in [3.05, 3.63) is 89.5 Å². The molecule has 4 rings (SSSR count). The maximum absolute atomic E-state index is 13.1. The lowest BCUT2D eigenvalue weighted by molar-refractivity contribution is -0.147. The summed E-state index contributed by atoms with van der Waals surface area (Å²) in [4.78, 5) is 25.0. The molecule has 2 heterocycles. The van der Waals surface area contributed by atoms with Gasteiger partial charge in [0.15, 0.2) is 0 Å². The number of carbonyl (C=O) groups is 1. The minimum atomic E-state index is -3.94. The number of aromatic amines is 1. The number of aromatic nitrogens is 3. The lowest BCUT2D eigenvalue weighted by atomic mass is 10.1. The van der Waals surface area contributed by atoms with Crippen LogP contribution in [0.15, 0.2) is 71.8 Å². The number of H-pyrrole nitrogens is 1. The van der Waals surface area contributed by atoms with E-state index in [0.717, 1.165) is 33.7 Å². The molecule has 36 heavy (non-hydrogen) atoms. The molecule has 4 aromatic rings. The van der Waals surface area contributed by atoms with Crippen LogP contribution < -0.4 is 4.72 Å². The first-order valence-corrected chi connectivity index (χ1v) is 13.3. The van der Waals surface area contributed by atoms with E-state index in [-0.39, 0.29) is 17.4 Å². The van der Waals surface area contributed by atoms with Gasteiger partial charge >= 0.3 is 5.97 Å². The Hall–Kier alpha value is -3.56. The topological polar surface area (TPSA) is 114 Å². The summed E-state index contributed by atoms with van der Waals surface area (Å²) in [6, 6.07) is 16.7. The number of sulfonamides is 1. The van der Waals surface area contributed by atoms with Crippen LogP contribution in [0.4, 0.5) is 0 Å². The number of hydrogen-bond donors (Lipinski definition) is 2. The zero-order valence-electron chi connectivity index (χ0n) is 20.6. The van der Waals surface area contributed by atoms with E-state index in [9.17, 15) is 13.2 Å². The number of aryl methyl sites for hydroxylation is 1. The molecule has 2 N–H and O–H groups in total. The van der Waals surface area contributed by atoms with E-state index in [4.69, 9.17) is 4.74 Å². The number of benzene rings is 2. The van der Waals surface area contributed by atoms with E-state index < -0.39 is 22.0 Å². The molecule has 0 amide bonds. The molecule has 0 unspecified atom stereocenters. The van der Waals surface area contributed by atoms with Crippen LogP contribution in [0.3, 0.4) is 0 Å². The highest BCUT2D eigenvalue weighted by molar-refractivity contribution is 7.89. The molecule has 8 nitrogen and oxygen atoms in total. The number of imidazole rings is 1. The first-order valence-electron chi connectivity index (χ1n) is 11.8. The summed E-state index contributed by atoms with van der Waals surface area (Å²) in [6.45, 7) is 5.83. The summed E-state index contributed by atoms with van der Waals surface area (Å²) in [5, 5.41) is 0. The zero-order chi connectivity index (χ0) is 25.7. The number of ether oxygens (including phenoxy) is 1. The molecule has 2 aromatic heterocycles. The van der Waals surface area contributed by atoms with Gasteiger partial charge in [-0.05, 0) is 48.6 Å². The van der Waals surface area contributed by atoms with Gasteiger partial charge in [-0.2, -0.15) is 4.72 Å². The Labute approximate surface area is 211 Å². The third-order valence-electron chi connectivity index (χ3n) is 5.72. The normalized spacial score (nSPS) is 12.7. The third kappa shape index (κ3) is 6.35. The Bertz CT molecular complexity index is 1430.